The molecule has 252 valence electrons. The van der Waals surface area contributed by atoms with Gasteiger partial charge in [-0.3, -0.25) is 0 Å². The van der Waals surface area contributed by atoms with Gasteiger partial charge in [0.2, 0.25) is 5.79 Å². The molecular weight excluding hydrogens is 582 g/mol. The fourth-order valence-electron chi connectivity index (χ4n) is 5.95. The van der Waals surface area contributed by atoms with Gasteiger partial charge in [-0.1, -0.05) is 0 Å². The molecule has 0 aromatic carbocycles. The lowest BCUT2D eigenvalue weighted by Crippen LogP contribution is -2.69. The zero-order valence-electron chi connectivity index (χ0n) is 23.6. The van der Waals surface area contributed by atoms with Crippen LogP contribution in [0.4, 0.5) is 0 Å². The molecule has 1 aliphatic carbocycles. The van der Waals surface area contributed by atoms with Gasteiger partial charge in [0.15, 0.2) is 12.6 Å². The first-order chi connectivity index (χ1) is 20.1. The van der Waals surface area contributed by atoms with Gasteiger partial charge in [0, 0.05) is 18.6 Å². The molecule has 3 aliphatic heterocycles. The van der Waals surface area contributed by atoms with Gasteiger partial charge in [0.25, 0.3) is 0 Å². The second-order valence-corrected chi connectivity index (χ2v) is 11.8. The monoisotopic (exact) mass is 629 g/mol. The van der Waals surface area contributed by atoms with Crippen LogP contribution in [0.3, 0.4) is 0 Å². The predicted molar refractivity (Wildman–Crippen MR) is 141 cm³/mol. The summed E-state index contributed by atoms with van der Waals surface area (Å²) in [7, 11) is 0. The van der Waals surface area contributed by atoms with Crippen molar-refractivity contribution in [3.8, 4) is 0 Å². The molecule has 19 atom stereocenters. The third kappa shape index (κ3) is 6.86. The minimum atomic E-state index is -2.42. The molecule has 4 rings (SSSR count). The summed E-state index contributed by atoms with van der Waals surface area (Å²) < 4.78 is 34.6. The third-order valence-corrected chi connectivity index (χ3v) is 8.59. The lowest BCUT2D eigenvalue weighted by molar-refractivity contribution is -0.352. The molecule has 0 spiro atoms. The summed E-state index contributed by atoms with van der Waals surface area (Å²) in [6.45, 7) is -0.126. The van der Waals surface area contributed by atoms with Gasteiger partial charge in [0.05, 0.1) is 30.9 Å². The summed E-state index contributed by atoms with van der Waals surface area (Å²) in [5.74, 6) is -2.42. The van der Waals surface area contributed by atoms with Gasteiger partial charge < -0.3 is 97.9 Å². The Bertz CT molecular complexity index is 912. The van der Waals surface area contributed by atoms with E-state index >= 15 is 0 Å². The molecule has 3 heterocycles. The van der Waals surface area contributed by atoms with E-state index in [1.54, 1.807) is 0 Å². The fourth-order valence-corrected chi connectivity index (χ4v) is 5.95. The van der Waals surface area contributed by atoms with Crippen LogP contribution in [0.1, 0.15) is 13.3 Å². The van der Waals surface area contributed by atoms with Gasteiger partial charge in [-0.25, -0.2) is 0 Å². The fraction of sp³-hybridized carbons (Fsp3) is 1.00. The molecule has 1 saturated carbocycles. The van der Waals surface area contributed by atoms with Crippen molar-refractivity contribution >= 4 is 0 Å². The van der Waals surface area contributed by atoms with E-state index < -0.39 is 129 Å². The maximum absolute atomic E-state index is 11.7. The van der Waals surface area contributed by atoms with E-state index in [0.717, 1.165) is 0 Å². The minimum Gasteiger partial charge on any atom is -0.394 e. The highest BCUT2D eigenvalue weighted by molar-refractivity contribution is 5.04. The van der Waals surface area contributed by atoms with Crippen molar-refractivity contribution < 1.29 is 69.3 Å². The number of hydrogen-bond donors (Lipinski definition) is 13. The summed E-state index contributed by atoms with van der Waals surface area (Å²) in [4.78, 5) is 0. The zero-order chi connectivity index (χ0) is 32.0. The normalized spacial score (nSPS) is 53.6. The lowest BCUT2D eigenvalue weighted by atomic mass is 9.84. The average Bonchev–Trinajstić information content (AvgIpc) is 3.27. The van der Waals surface area contributed by atoms with Gasteiger partial charge in [-0.15, -0.1) is 0 Å². The maximum atomic E-state index is 11.7. The van der Waals surface area contributed by atoms with E-state index in [1.165, 1.54) is 6.92 Å². The van der Waals surface area contributed by atoms with Crippen LogP contribution in [0, 0.1) is 0 Å². The Labute approximate surface area is 247 Å². The second-order valence-electron chi connectivity index (χ2n) is 11.8. The van der Waals surface area contributed by atoms with Crippen molar-refractivity contribution in [3.63, 3.8) is 0 Å². The van der Waals surface area contributed by atoms with Crippen LogP contribution in [0.2, 0.25) is 0 Å². The lowest BCUT2D eigenvalue weighted by Gasteiger charge is -2.49. The van der Waals surface area contributed by atoms with E-state index in [-0.39, 0.29) is 13.0 Å². The molecule has 0 amide bonds. The van der Waals surface area contributed by atoms with Crippen molar-refractivity contribution in [2.45, 2.75) is 129 Å². The summed E-state index contributed by atoms with van der Waals surface area (Å²) in [5, 5.41) is 84.1. The Kier molecular flexibility index (Phi) is 11.4. The van der Waals surface area contributed by atoms with Crippen LogP contribution in [-0.2, 0) is 28.4 Å². The van der Waals surface area contributed by atoms with E-state index in [9.17, 15) is 40.9 Å². The quantitative estimate of drug-likeness (QED) is 0.105. The summed E-state index contributed by atoms with van der Waals surface area (Å²) in [6.07, 6.45) is -19.5. The van der Waals surface area contributed by atoms with Gasteiger partial charge >= 0.3 is 0 Å². The van der Waals surface area contributed by atoms with E-state index in [4.69, 9.17) is 57.1 Å². The van der Waals surface area contributed by atoms with Crippen molar-refractivity contribution in [2.75, 3.05) is 19.8 Å². The van der Waals surface area contributed by atoms with E-state index in [0.29, 0.717) is 0 Å². The highest BCUT2D eigenvalue weighted by Gasteiger charge is 2.58. The van der Waals surface area contributed by atoms with Crippen LogP contribution in [-0.4, -0.2) is 176 Å². The molecule has 19 heteroatoms. The van der Waals surface area contributed by atoms with Crippen LogP contribution in [0.25, 0.3) is 0 Å². The first-order valence-electron chi connectivity index (χ1n) is 14.2. The molecule has 18 N–H and O–H groups in total. The Hall–Kier alpha value is -0.760. The van der Waals surface area contributed by atoms with Gasteiger partial charge in [-0.05, 0) is 13.3 Å². The van der Waals surface area contributed by atoms with Crippen molar-refractivity contribution in [1.29, 1.82) is 0 Å². The molecular formula is C24H47N5O14. The molecule has 0 aromatic heterocycles. The average molecular weight is 630 g/mol. The summed E-state index contributed by atoms with van der Waals surface area (Å²) >= 11 is 0. The standard InChI is InChI=1S/C24H47N5O14/c1-6(31)18-17(36)16(35)12(29)23(40-18)41-19-8(27)2-7(26)13(32)20(19)43-24(37)5-38-10(4-30)21(24)42-22-11(28)15(34)14(33)9(3-25)39-22/h6-23,30-37H,2-5,25-29H2,1H3/t6?,7-,8?,9?,10-,11?,12?,13?,14-,15?,16?,17+,18?,19-,20?,21+,22-,23-,24-/m1/s1. The SMILES string of the molecule is CC(O)C1O[C@H](O[C@@H]2C(N)C[C@@H](N)C(O)C2O[C@]2(O)CO[C@H](CO)[C@@H]2O[C@H]2OC(CN)[C@@H](O)C(O)C2N)C(N)C(O)[C@@H]1O. The number of aliphatic hydroxyl groups is 8. The first kappa shape index (κ1) is 35.1. The van der Waals surface area contributed by atoms with Gasteiger partial charge in [-0.2, -0.15) is 0 Å². The Morgan fingerprint density at radius 1 is 0.814 bits per heavy atom. The number of aliphatic hydroxyl groups excluding tert-OH is 7. The predicted octanol–water partition coefficient (Wildman–Crippen LogP) is -8.47. The van der Waals surface area contributed by atoms with Gasteiger partial charge in [0.1, 0.15) is 67.6 Å². The number of rotatable bonds is 9. The molecule has 0 radical (unpaired) electrons. The summed E-state index contributed by atoms with van der Waals surface area (Å²) in [5.41, 5.74) is 30.1. The van der Waals surface area contributed by atoms with Crippen LogP contribution in [0.15, 0.2) is 0 Å². The number of nitrogens with two attached hydrogens (primary N) is 5. The molecule has 0 aromatic rings. The maximum Gasteiger partial charge on any atom is 0.219 e. The topological polar surface area (TPSA) is 347 Å². The minimum absolute atomic E-state index is 0.0260. The Morgan fingerprint density at radius 2 is 1.42 bits per heavy atom. The molecule has 4 aliphatic rings. The molecule has 0 bridgehead atoms. The highest BCUT2D eigenvalue weighted by Crippen LogP contribution is 2.37. The van der Waals surface area contributed by atoms with E-state index in [2.05, 4.69) is 0 Å². The van der Waals surface area contributed by atoms with Crippen LogP contribution in [0.5, 0.6) is 0 Å². The van der Waals surface area contributed by atoms with Crippen LogP contribution < -0.4 is 28.7 Å². The number of ether oxygens (including phenoxy) is 6. The Morgan fingerprint density at radius 3 is 2.00 bits per heavy atom. The molecule has 3 saturated heterocycles. The largest absolute Gasteiger partial charge is 0.394 e. The molecule has 19 nitrogen and oxygen atoms in total. The summed E-state index contributed by atoms with van der Waals surface area (Å²) in [6, 6.07) is -4.52. The Balaban J connectivity index is 1.58. The zero-order valence-corrected chi connectivity index (χ0v) is 23.6. The third-order valence-electron chi connectivity index (χ3n) is 8.59. The van der Waals surface area contributed by atoms with Crippen LogP contribution >= 0.6 is 0 Å². The highest BCUT2D eigenvalue weighted by atomic mass is 16.8. The van der Waals surface area contributed by atoms with Crippen molar-refractivity contribution in [2.24, 2.45) is 28.7 Å². The smallest absolute Gasteiger partial charge is 0.219 e. The van der Waals surface area contributed by atoms with E-state index in [1.807, 2.05) is 0 Å². The van der Waals surface area contributed by atoms with Crippen molar-refractivity contribution in [3.05, 3.63) is 0 Å². The molecule has 10 unspecified atom stereocenters. The molecule has 43 heavy (non-hydrogen) atoms. The molecule has 4 fully saturated rings. The second kappa shape index (κ2) is 13.9. The number of hydrogen-bond acceptors (Lipinski definition) is 19. The first-order valence-corrected chi connectivity index (χ1v) is 14.2. The van der Waals surface area contributed by atoms with Crippen molar-refractivity contribution in [1.82, 2.24) is 0 Å².